The first kappa shape index (κ1) is 15.1. The number of anilines is 1. The van der Waals surface area contributed by atoms with Gasteiger partial charge in [0.2, 0.25) is 5.91 Å². The van der Waals surface area contributed by atoms with Crippen LogP contribution in [0.2, 0.25) is 0 Å². The number of carbonyl (C=O) groups excluding carboxylic acids is 1. The molecule has 4 rings (SSSR count). The molecule has 5 nitrogen and oxygen atoms in total. The van der Waals surface area contributed by atoms with Crippen LogP contribution in [0.4, 0.5) is 10.2 Å². The first-order valence-corrected chi connectivity index (χ1v) is 8.27. The number of hydrogen-bond donors (Lipinski definition) is 0. The molecule has 0 unspecified atom stereocenters. The number of benzene rings is 1. The summed E-state index contributed by atoms with van der Waals surface area (Å²) in [5.74, 6) is 1.15. The van der Waals surface area contributed by atoms with Crippen LogP contribution < -0.4 is 4.90 Å². The Morgan fingerprint density at radius 3 is 2.50 bits per heavy atom. The first-order valence-electron chi connectivity index (χ1n) is 8.27. The number of carbonyl (C=O) groups is 1. The molecule has 2 atom stereocenters. The molecule has 0 N–H and O–H groups in total. The number of hydrogen-bond acceptors (Lipinski definition) is 4. The number of halogens is 1. The Hall–Kier alpha value is -2.50. The van der Waals surface area contributed by atoms with Crippen LogP contribution in [0.3, 0.4) is 0 Å². The SMILES string of the molecule is O=C([C@@H]1C[C@@H]1c1ccc(F)cc1)N1CCN(c2cnccn2)CC1. The molecule has 6 heteroatoms. The minimum atomic E-state index is -0.234. The molecule has 1 saturated carbocycles. The Labute approximate surface area is 140 Å². The van der Waals surface area contributed by atoms with Gasteiger partial charge >= 0.3 is 0 Å². The van der Waals surface area contributed by atoms with E-state index >= 15 is 0 Å². The lowest BCUT2D eigenvalue weighted by atomic mass is 10.1. The molecular formula is C18H19FN4O. The predicted molar refractivity (Wildman–Crippen MR) is 88.1 cm³/mol. The van der Waals surface area contributed by atoms with Gasteiger partial charge in [0.05, 0.1) is 6.20 Å². The molecule has 0 bridgehead atoms. The van der Waals surface area contributed by atoms with E-state index in [1.54, 1.807) is 30.7 Å². The number of piperazine rings is 1. The van der Waals surface area contributed by atoms with E-state index in [1.807, 2.05) is 4.90 Å². The summed E-state index contributed by atoms with van der Waals surface area (Å²) >= 11 is 0. The third-order valence-corrected chi connectivity index (χ3v) is 4.87. The van der Waals surface area contributed by atoms with E-state index in [2.05, 4.69) is 14.9 Å². The summed E-state index contributed by atoms with van der Waals surface area (Å²) in [6.45, 7) is 2.97. The Kier molecular flexibility index (Phi) is 3.88. The van der Waals surface area contributed by atoms with Crippen molar-refractivity contribution < 1.29 is 9.18 Å². The average Bonchev–Trinajstić information content (AvgIpc) is 3.43. The largest absolute Gasteiger partial charge is 0.352 e. The fraction of sp³-hybridized carbons (Fsp3) is 0.389. The number of aromatic nitrogens is 2. The van der Waals surface area contributed by atoms with E-state index in [0.29, 0.717) is 13.1 Å². The number of nitrogens with zero attached hydrogens (tertiary/aromatic N) is 4. The van der Waals surface area contributed by atoms with Gasteiger partial charge in [-0.2, -0.15) is 0 Å². The lowest BCUT2D eigenvalue weighted by Crippen LogP contribution is -2.49. The fourth-order valence-corrected chi connectivity index (χ4v) is 3.39. The predicted octanol–water partition coefficient (Wildman–Crippen LogP) is 2.07. The third-order valence-electron chi connectivity index (χ3n) is 4.87. The molecular weight excluding hydrogens is 307 g/mol. The van der Waals surface area contributed by atoms with Crippen molar-refractivity contribution in [2.24, 2.45) is 5.92 Å². The molecule has 2 aliphatic rings. The lowest BCUT2D eigenvalue weighted by Gasteiger charge is -2.35. The molecule has 2 heterocycles. The molecule has 1 aliphatic carbocycles. The smallest absolute Gasteiger partial charge is 0.226 e. The maximum absolute atomic E-state index is 13.0. The second kappa shape index (κ2) is 6.19. The Bertz CT molecular complexity index is 714. The summed E-state index contributed by atoms with van der Waals surface area (Å²) in [6, 6.07) is 6.52. The summed E-state index contributed by atoms with van der Waals surface area (Å²) in [7, 11) is 0. The number of rotatable bonds is 3. The molecule has 2 fully saturated rings. The van der Waals surface area contributed by atoms with Gasteiger partial charge in [0, 0.05) is 44.5 Å². The van der Waals surface area contributed by atoms with Crippen LogP contribution in [-0.4, -0.2) is 47.0 Å². The highest BCUT2D eigenvalue weighted by Gasteiger charge is 2.46. The maximum Gasteiger partial charge on any atom is 0.226 e. The van der Waals surface area contributed by atoms with Crippen molar-refractivity contribution in [3.63, 3.8) is 0 Å². The van der Waals surface area contributed by atoms with Gasteiger partial charge in [0.25, 0.3) is 0 Å². The van der Waals surface area contributed by atoms with Crippen molar-refractivity contribution in [3.8, 4) is 0 Å². The normalized spacial score (nSPS) is 23.2. The molecule has 1 aromatic heterocycles. The van der Waals surface area contributed by atoms with Gasteiger partial charge in [0.15, 0.2) is 0 Å². The minimum Gasteiger partial charge on any atom is -0.352 e. The molecule has 0 radical (unpaired) electrons. The van der Waals surface area contributed by atoms with Crippen molar-refractivity contribution in [1.82, 2.24) is 14.9 Å². The zero-order chi connectivity index (χ0) is 16.5. The first-order chi connectivity index (χ1) is 11.7. The van der Waals surface area contributed by atoms with E-state index < -0.39 is 0 Å². The summed E-state index contributed by atoms with van der Waals surface area (Å²) in [5, 5.41) is 0. The molecule has 1 amide bonds. The number of amides is 1. The lowest BCUT2D eigenvalue weighted by molar-refractivity contribution is -0.133. The van der Waals surface area contributed by atoms with Crippen molar-refractivity contribution in [2.45, 2.75) is 12.3 Å². The van der Waals surface area contributed by atoms with E-state index in [-0.39, 0.29) is 23.6 Å². The Morgan fingerprint density at radius 1 is 1.08 bits per heavy atom. The van der Waals surface area contributed by atoms with E-state index in [4.69, 9.17) is 0 Å². The summed E-state index contributed by atoms with van der Waals surface area (Å²) in [5.41, 5.74) is 1.06. The van der Waals surface area contributed by atoms with E-state index in [9.17, 15) is 9.18 Å². The zero-order valence-corrected chi connectivity index (χ0v) is 13.3. The average molecular weight is 326 g/mol. The summed E-state index contributed by atoms with van der Waals surface area (Å²) in [6.07, 6.45) is 5.97. The quantitative estimate of drug-likeness (QED) is 0.866. The monoisotopic (exact) mass is 326 g/mol. The van der Waals surface area contributed by atoms with Gasteiger partial charge < -0.3 is 9.80 Å². The summed E-state index contributed by atoms with van der Waals surface area (Å²) in [4.78, 5) is 25.2. The molecule has 2 aromatic rings. The summed E-state index contributed by atoms with van der Waals surface area (Å²) < 4.78 is 13.0. The standard InChI is InChI=1S/C18H19FN4O/c19-14-3-1-13(2-4-14)15-11-16(15)18(24)23-9-7-22(8-10-23)17-12-20-5-6-21-17/h1-6,12,15-16H,7-11H2/t15-,16-/m1/s1. The highest BCUT2D eigenvalue weighted by Crippen LogP contribution is 2.48. The van der Waals surface area contributed by atoms with Crippen LogP contribution in [0.25, 0.3) is 0 Å². The van der Waals surface area contributed by atoms with Gasteiger partial charge in [-0.25, -0.2) is 9.37 Å². The van der Waals surface area contributed by atoms with Crippen molar-refractivity contribution in [1.29, 1.82) is 0 Å². The minimum absolute atomic E-state index is 0.0542. The van der Waals surface area contributed by atoms with Crippen LogP contribution in [0.1, 0.15) is 17.9 Å². The van der Waals surface area contributed by atoms with Gasteiger partial charge in [-0.05, 0) is 30.0 Å². The van der Waals surface area contributed by atoms with Crippen molar-refractivity contribution in [3.05, 3.63) is 54.2 Å². The van der Waals surface area contributed by atoms with Gasteiger partial charge in [-0.3, -0.25) is 9.78 Å². The second-order valence-electron chi connectivity index (χ2n) is 6.38. The topological polar surface area (TPSA) is 49.3 Å². The maximum atomic E-state index is 13.0. The molecule has 0 spiro atoms. The highest BCUT2D eigenvalue weighted by molar-refractivity contribution is 5.83. The van der Waals surface area contributed by atoms with E-state index in [1.165, 1.54) is 12.1 Å². The molecule has 1 aliphatic heterocycles. The van der Waals surface area contributed by atoms with Crippen LogP contribution in [0.5, 0.6) is 0 Å². The van der Waals surface area contributed by atoms with Crippen LogP contribution >= 0.6 is 0 Å². The fourth-order valence-electron chi connectivity index (χ4n) is 3.39. The Morgan fingerprint density at radius 2 is 1.83 bits per heavy atom. The van der Waals surface area contributed by atoms with Gasteiger partial charge in [-0.1, -0.05) is 12.1 Å². The molecule has 1 aromatic carbocycles. The van der Waals surface area contributed by atoms with E-state index in [0.717, 1.165) is 30.9 Å². The van der Waals surface area contributed by atoms with Crippen LogP contribution in [-0.2, 0) is 4.79 Å². The Balaban J connectivity index is 1.33. The van der Waals surface area contributed by atoms with Crippen LogP contribution in [0, 0.1) is 11.7 Å². The van der Waals surface area contributed by atoms with Crippen molar-refractivity contribution >= 4 is 11.7 Å². The molecule has 1 saturated heterocycles. The second-order valence-corrected chi connectivity index (χ2v) is 6.38. The molecule has 24 heavy (non-hydrogen) atoms. The van der Waals surface area contributed by atoms with Crippen LogP contribution in [0.15, 0.2) is 42.9 Å². The zero-order valence-electron chi connectivity index (χ0n) is 13.3. The third kappa shape index (κ3) is 2.96. The highest BCUT2D eigenvalue weighted by atomic mass is 19.1. The van der Waals surface area contributed by atoms with Crippen molar-refractivity contribution in [2.75, 3.05) is 31.1 Å². The molecule has 124 valence electrons. The van der Waals surface area contributed by atoms with Gasteiger partial charge in [-0.15, -0.1) is 0 Å². The van der Waals surface area contributed by atoms with Gasteiger partial charge in [0.1, 0.15) is 11.6 Å².